The van der Waals surface area contributed by atoms with Gasteiger partial charge in [-0.2, -0.15) is 0 Å². The molecule has 16 heavy (non-hydrogen) atoms. The van der Waals surface area contributed by atoms with Crippen molar-refractivity contribution >= 4 is 11.3 Å². The SMILES string of the molecule is CCCNC(COCCOC)c1cccs1. The molecule has 0 aliphatic heterocycles. The number of nitrogens with one attached hydrogen (secondary N) is 1. The van der Waals surface area contributed by atoms with E-state index in [-0.39, 0.29) is 0 Å². The van der Waals surface area contributed by atoms with Crippen LogP contribution in [0.5, 0.6) is 0 Å². The van der Waals surface area contributed by atoms with Gasteiger partial charge in [-0.05, 0) is 24.4 Å². The molecule has 92 valence electrons. The molecule has 0 aliphatic rings. The van der Waals surface area contributed by atoms with Gasteiger partial charge in [0.15, 0.2) is 0 Å². The summed E-state index contributed by atoms with van der Waals surface area (Å²) in [4.78, 5) is 1.34. The van der Waals surface area contributed by atoms with Gasteiger partial charge in [-0.1, -0.05) is 13.0 Å². The third kappa shape index (κ3) is 5.07. The highest BCUT2D eigenvalue weighted by Crippen LogP contribution is 2.19. The molecule has 0 spiro atoms. The van der Waals surface area contributed by atoms with Crippen LogP contribution in [0.4, 0.5) is 0 Å². The molecule has 4 heteroatoms. The van der Waals surface area contributed by atoms with Crippen molar-refractivity contribution < 1.29 is 9.47 Å². The third-order valence-corrected chi connectivity index (χ3v) is 3.23. The van der Waals surface area contributed by atoms with Crippen LogP contribution >= 0.6 is 11.3 Å². The Morgan fingerprint density at radius 3 is 2.94 bits per heavy atom. The summed E-state index contributed by atoms with van der Waals surface area (Å²) in [5, 5.41) is 5.60. The van der Waals surface area contributed by atoms with E-state index in [9.17, 15) is 0 Å². The first-order valence-electron chi connectivity index (χ1n) is 5.72. The highest BCUT2D eigenvalue weighted by molar-refractivity contribution is 7.10. The maximum Gasteiger partial charge on any atom is 0.0701 e. The molecule has 0 radical (unpaired) electrons. The van der Waals surface area contributed by atoms with Crippen molar-refractivity contribution in [2.45, 2.75) is 19.4 Å². The number of hydrogen-bond donors (Lipinski definition) is 1. The van der Waals surface area contributed by atoms with Crippen LogP contribution in [0.1, 0.15) is 24.3 Å². The van der Waals surface area contributed by atoms with Crippen molar-refractivity contribution in [3.63, 3.8) is 0 Å². The second-order valence-electron chi connectivity index (χ2n) is 3.59. The Morgan fingerprint density at radius 1 is 1.44 bits per heavy atom. The van der Waals surface area contributed by atoms with Gasteiger partial charge in [-0.15, -0.1) is 11.3 Å². The standard InChI is InChI=1S/C12H21NO2S/c1-3-6-13-11(10-15-8-7-14-2)12-5-4-9-16-12/h4-5,9,11,13H,3,6-8,10H2,1-2H3. The van der Waals surface area contributed by atoms with Crippen molar-refractivity contribution in [3.8, 4) is 0 Å². The van der Waals surface area contributed by atoms with E-state index in [1.54, 1.807) is 18.4 Å². The van der Waals surface area contributed by atoms with Gasteiger partial charge in [-0.25, -0.2) is 0 Å². The molecule has 1 aromatic heterocycles. The van der Waals surface area contributed by atoms with Gasteiger partial charge in [-0.3, -0.25) is 0 Å². The average molecular weight is 243 g/mol. The van der Waals surface area contributed by atoms with Crippen LogP contribution in [0.25, 0.3) is 0 Å². The molecule has 0 saturated carbocycles. The molecule has 1 rings (SSSR count). The fourth-order valence-electron chi connectivity index (χ4n) is 1.39. The minimum atomic E-state index is 0.316. The highest BCUT2D eigenvalue weighted by atomic mass is 32.1. The Morgan fingerprint density at radius 2 is 2.31 bits per heavy atom. The summed E-state index contributed by atoms with van der Waals surface area (Å²) in [7, 11) is 1.69. The van der Waals surface area contributed by atoms with E-state index in [2.05, 4.69) is 29.8 Å². The molecule has 0 fully saturated rings. The average Bonchev–Trinajstić information content (AvgIpc) is 2.82. The lowest BCUT2D eigenvalue weighted by atomic mass is 10.2. The summed E-state index contributed by atoms with van der Waals surface area (Å²) in [6.45, 7) is 5.22. The summed E-state index contributed by atoms with van der Waals surface area (Å²) < 4.78 is 10.5. The zero-order chi connectivity index (χ0) is 11.6. The summed E-state index contributed by atoms with van der Waals surface area (Å²) in [6.07, 6.45) is 1.14. The smallest absolute Gasteiger partial charge is 0.0701 e. The van der Waals surface area contributed by atoms with Gasteiger partial charge in [0, 0.05) is 12.0 Å². The minimum absolute atomic E-state index is 0.316. The van der Waals surface area contributed by atoms with Gasteiger partial charge >= 0.3 is 0 Å². The Balaban J connectivity index is 2.32. The molecule has 0 saturated heterocycles. The van der Waals surface area contributed by atoms with Crippen molar-refractivity contribution in [2.75, 3.05) is 33.5 Å². The molecule has 0 aromatic carbocycles. The maximum atomic E-state index is 5.58. The monoisotopic (exact) mass is 243 g/mol. The molecule has 0 aliphatic carbocycles. The van der Waals surface area contributed by atoms with Crippen LogP contribution in [-0.4, -0.2) is 33.5 Å². The number of ether oxygens (including phenoxy) is 2. The predicted octanol–water partition coefficient (Wildman–Crippen LogP) is 2.45. The molecule has 0 bridgehead atoms. The van der Waals surface area contributed by atoms with Gasteiger partial charge in [0.05, 0.1) is 25.9 Å². The molecular weight excluding hydrogens is 222 g/mol. The summed E-state index contributed by atoms with van der Waals surface area (Å²) in [6, 6.07) is 4.55. The van der Waals surface area contributed by atoms with Crippen molar-refractivity contribution in [1.29, 1.82) is 0 Å². The number of hydrogen-bond acceptors (Lipinski definition) is 4. The second-order valence-corrected chi connectivity index (χ2v) is 4.57. The lowest BCUT2D eigenvalue weighted by Gasteiger charge is -2.17. The molecule has 1 aromatic rings. The van der Waals surface area contributed by atoms with E-state index in [1.165, 1.54) is 4.88 Å². The maximum absolute atomic E-state index is 5.58. The highest BCUT2D eigenvalue weighted by Gasteiger charge is 2.11. The zero-order valence-electron chi connectivity index (χ0n) is 10.1. The lowest BCUT2D eigenvalue weighted by molar-refractivity contribution is 0.0590. The van der Waals surface area contributed by atoms with Crippen LogP contribution in [0, 0.1) is 0 Å². The Bertz CT molecular complexity index is 252. The van der Waals surface area contributed by atoms with E-state index in [4.69, 9.17) is 9.47 Å². The number of methoxy groups -OCH3 is 1. The van der Waals surface area contributed by atoms with E-state index < -0.39 is 0 Å². The van der Waals surface area contributed by atoms with Crippen molar-refractivity contribution in [3.05, 3.63) is 22.4 Å². The van der Waals surface area contributed by atoms with E-state index in [1.807, 2.05) is 0 Å². The van der Waals surface area contributed by atoms with Crippen molar-refractivity contribution in [1.82, 2.24) is 5.32 Å². The quantitative estimate of drug-likeness (QED) is 0.676. The van der Waals surface area contributed by atoms with Gasteiger partial charge in [0.25, 0.3) is 0 Å². The van der Waals surface area contributed by atoms with Gasteiger partial charge in [0.2, 0.25) is 0 Å². The molecule has 0 amide bonds. The first-order valence-corrected chi connectivity index (χ1v) is 6.60. The Hall–Kier alpha value is -0.420. The molecule has 1 unspecified atom stereocenters. The number of rotatable bonds is 9. The molecule has 1 N–H and O–H groups in total. The normalized spacial score (nSPS) is 12.9. The zero-order valence-corrected chi connectivity index (χ0v) is 10.9. The van der Waals surface area contributed by atoms with Crippen LogP contribution in [0.3, 0.4) is 0 Å². The molecule has 3 nitrogen and oxygen atoms in total. The van der Waals surface area contributed by atoms with Crippen LogP contribution in [0.15, 0.2) is 17.5 Å². The Kier molecular flexibility index (Phi) is 7.42. The van der Waals surface area contributed by atoms with E-state index in [0.29, 0.717) is 25.9 Å². The van der Waals surface area contributed by atoms with Gasteiger partial charge in [0.1, 0.15) is 0 Å². The van der Waals surface area contributed by atoms with Gasteiger partial charge < -0.3 is 14.8 Å². The van der Waals surface area contributed by atoms with Crippen LogP contribution in [-0.2, 0) is 9.47 Å². The largest absolute Gasteiger partial charge is 0.382 e. The summed E-state index contributed by atoms with van der Waals surface area (Å²) in [5.74, 6) is 0. The van der Waals surface area contributed by atoms with Crippen molar-refractivity contribution in [2.24, 2.45) is 0 Å². The van der Waals surface area contributed by atoms with Crippen LogP contribution in [0.2, 0.25) is 0 Å². The second kappa shape index (κ2) is 8.70. The first-order chi connectivity index (χ1) is 7.88. The summed E-state index contributed by atoms with van der Waals surface area (Å²) >= 11 is 1.77. The number of thiophene rings is 1. The molecule has 1 heterocycles. The summed E-state index contributed by atoms with van der Waals surface area (Å²) in [5.41, 5.74) is 0. The van der Waals surface area contributed by atoms with Crippen LogP contribution < -0.4 is 5.32 Å². The van der Waals surface area contributed by atoms with E-state index in [0.717, 1.165) is 13.0 Å². The lowest BCUT2D eigenvalue weighted by Crippen LogP contribution is -2.26. The van der Waals surface area contributed by atoms with E-state index >= 15 is 0 Å². The first kappa shape index (κ1) is 13.6. The Labute approximate surface area is 102 Å². The fourth-order valence-corrected chi connectivity index (χ4v) is 2.18. The third-order valence-electron chi connectivity index (χ3n) is 2.24. The fraction of sp³-hybridized carbons (Fsp3) is 0.667. The topological polar surface area (TPSA) is 30.5 Å². The minimum Gasteiger partial charge on any atom is -0.382 e. The predicted molar refractivity (Wildman–Crippen MR) is 68.0 cm³/mol. The molecular formula is C12H21NO2S. The molecule has 1 atom stereocenters.